The van der Waals surface area contributed by atoms with Gasteiger partial charge in [0, 0.05) is 5.70 Å². The number of thioether (sulfide) groups is 1. The van der Waals surface area contributed by atoms with E-state index in [1.165, 1.54) is 22.7 Å². The van der Waals surface area contributed by atoms with E-state index in [4.69, 9.17) is 0 Å². The zero-order valence-electron chi connectivity index (χ0n) is 9.25. The van der Waals surface area contributed by atoms with E-state index in [0.717, 1.165) is 6.08 Å². The molecular formula is C11H12F3NOS. The molecule has 1 aliphatic carbocycles. The molecule has 1 aliphatic heterocycles. The largest absolute Gasteiger partial charge is 0.416 e. The van der Waals surface area contributed by atoms with Crippen molar-refractivity contribution in [2.75, 3.05) is 5.88 Å². The first-order chi connectivity index (χ1) is 7.89. The average molecular weight is 263 g/mol. The van der Waals surface area contributed by atoms with Gasteiger partial charge in [0.25, 0.3) is 0 Å². The number of hydrogen-bond donors (Lipinski definition) is 0. The second-order valence-corrected chi connectivity index (χ2v) is 5.33. The van der Waals surface area contributed by atoms with Gasteiger partial charge in [-0.25, -0.2) is 0 Å². The Kier molecular flexibility index (Phi) is 3.25. The maximum absolute atomic E-state index is 12.6. The smallest absolute Gasteiger partial charge is 0.305 e. The summed E-state index contributed by atoms with van der Waals surface area (Å²) >= 11 is 1.45. The van der Waals surface area contributed by atoms with E-state index in [1.54, 1.807) is 6.92 Å². The number of hydrogen-bond acceptors (Lipinski definition) is 2. The highest BCUT2D eigenvalue weighted by atomic mass is 32.2. The Morgan fingerprint density at radius 1 is 1.47 bits per heavy atom. The molecule has 0 spiro atoms. The van der Waals surface area contributed by atoms with Crippen molar-refractivity contribution in [2.45, 2.75) is 31.2 Å². The Labute approximate surface area is 102 Å². The standard InChI is InChI=1S/C11H12F3NOS/c1-7-10(16)15(6-17-7)9-4-2-3-8(5-9)11(12,13)14/h3,5,7H,2,4,6H2,1H3. The summed E-state index contributed by atoms with van der Waals surface area (Å²) in [6.45, 7) is 1.77. The molecule has 0 saturated carbocycles. The van der Waals surface area contributed by atoms with Gasteiger partial charge >= 0.3 is 6.18 Å². The fourth-order valence-electron chi connectivity index (χ4n) is 1.86. The van der Waals surface area contributed by atoms with Crippen LogP contribution >= 0.6 is 11.8 Å². The summed E-state index contributed by atoms with van der Waals surface area (Å²) in [5, 5.41) is -0.156. The molecule has 0 aromatic rings. The number of carbonyl (C=O) groups is 1. The van der Waals surface area contributed by atoms with Gasteiger partial charge in [-0.2, -0.15) is 13.2 Å². The third-order valence-corrected chi connectivity index (χ3v) is 3.94. The van der Waals surface area contributed by atoms with Crippen LogP contribution in [0.1, 0.15) is 19.8 Å². The fraction of sp³-hybridized carbons (Fsp3) is 0.545. The first-order valence-electron chi connectivity index (χ1n) is 5.30. The van der Waals surface area contributed by atoms with Crippen LogP contribution in [-0.2, 0) is 4.79 Å². The summed E-state index contributed by atoms with van der Waals surface area (Å²) < 4.78 is 37.7. The highest BCUT2D eigenvalue weighted by Gasteiger charge is 2.36. The first kappa shape index (κ1) is 12.5. The van der Waals surface area contributed by atoms with Crippen LogP contribution in [0.2, 0.25) is 0 Å². The molecule has 0 aromatic heterocycles. The van der Waals surface area contributed by atoms with Crippen LogP contribution in [0.15, 0.2) is 23.4 Å². The molecule has 0 N–H and O–H groups in total. The molecule has 2 nitrogen and oxygen atoms in total. The van der Waals surface area contributed by atoms with Crippen LogP contribution in [0.3, 0.4) is 0 Å². The summed E-state index contributed by atoms with van der Waals surface area (Å²) in [6, 6.07) is 0. The fourth-order valence-corrected chi connectivity index (χ4v) is 2.80. The van der Waals surface area contributed by atoms with Crippen molar-refractivity contribution in [3.8, 4) is 0 Å². The number of allylic oxidation sites excluding steroid dienone is 4. The van der Waals surface area contributed by atoms with Gasteiger partial charge in [0.1, 0.15) is 0 Å². The van der Waals surface area contributed by atoms with Crippen LogP contribution < -0.4 is 0 Å². The summed E-state index contributed by atoms with van der Waals surface area (Å²) in [5.74, 6) is 0.362. The highest BCUT2D eigenvalue weighted by molar-refractivity contribution is 8.01. The molecule has 0 bridgehead atoms. The molecule has 0 aromatic carbocycles. The number of carbonyl (C=O) groups excluding carboxylic acids is 1. The first-order valence-corrected chi connectivity index (χ1v) is 6.35. The van der Waals surface area contributed by atoms with Crippen LogP contribution in [0.5, 0.6) is 0 Å². The topological polar surface area (TPSA) is 20.3 Å². The van der Waals surface area contributed by atoms with Gasteiger partial charge in [-0.1, -0.05) is 6.08 Å². The quantitative estimate of drug-likeness (QED) is 0.724. The Morgan fingerprint density at radius 3 is 2.71 bits per heavy atom. The normalized spacial score (nSPS) is 26.0. The minimum Gasteiger partial charge on any atom is -0.305 e. The maximum Gasteiger partial charge on any atom is 0.416 e. The average Bonchev–Trinajstić information content (AvgIpc) is 2.59. The van der Waals surface area contributed by atoms with E-state index >= 15 is 0 Å². The van der Waals surface area contributed by atoms with Crippen molar-refractivity contribution >= 4 is 17.7 Å². The third-order valence-electron chi connectivity index (χ3n) is 2.83. The predicted molar refractivity (Wildman–Crippen MR) is 60.2 cm³/mol. The molecule has 1 amide bonds. The minimum atomic E-state index is -4.33. The molecule has 1 atom stereocenters. The number of rotatable bonds is 1. The van der Waals surface area contributed by atoms with Crippen molar-refractivity contribution in [3.05, 3.63) is 23.4 Å². The second kappa shape index (κ2) is 4.40. The molecule has 1 fully saturated rings. The summed E-state index contributed by atoms with van der Waals surface area (Å²) in [4.78, 5) is 13.2. The van der Waals surface area contributed by atoms with Crippen molar-refractivity contribution in [3.63, 3.8) is 0 Å². The van der Waals surface area contributed by atoms with Gasteiger partial charge in [-0.3, -0.25) is 4.79 Å². The number of nitrogens with zero attached hydrogens (tertiary/aromatic N) is 1. The number of amides is 1. The summed E-state index contributed by atoms with van der Waals surface area (Å²) in [5.41, 5.74) is -0.155. The van der Waals surface area contributed by atoms with Gasteiger partial charge in [-0.05, 0) is 25.8 Å². The van der Waals surface area contributed by atoms with Gasteiger partial charge in [0.15, 0.2) is 0 Å². The van der Waals surface area contributed by atoms with E-state index in [9.17, 15) is 18.0 Å². The molecular weight excluding hydrogens is 251 g/mol. The van der Waals surface area contributed by atoms with Crippen molar-refractivity contribution < 1.29 is 18.0 Å². The molecule has 6 heteroatoms. The lowest BCUT2D eigenvalue weighted by Gasteiger charge is -2.23. The van der Waals surface area contributed by atoms with Crippen LogP contribution in [0, 0.1) is 0 Å². The van der Waals surface area contributed by atoms with Gasteiger partial charge in [0.2, 0.25) is 5.91 Å². The van der Waals surface area contributed by atoms with Crippen molar-refractivity contribution in [1.29, 1.82) is 0 Å². The molecule has 94 valence electrons. The Hall–Kier alpha value is -0.910. The molecule has 0 radical (unpaired) electrons. The van der Waals surface area contributed by atoms with E-state index in [0.29, 0.717) is 24.4 Å². The van der Waals surface area contributed by atoms with Gasteiger partial charge in [-0.15, -0.1) is 11.8 Å². The van der Waals surface area contributed by atoms with E-state index in [-0.39, 0.29) is 11.2 Å². The maximum atomic E-state index is 12.6. The molecule has 2 rings (SSSR count). The lowest BCUT2D eigenvalue weighted by Crippen LogP contribution is -2.29. The molecule has 1 saturated heterocycles. The van der Waals surface area contributed by atoms with E-state index < -0.39 is 11.7 Å². The van der Waals surface area contributed by atoms with Crippen LogP contribution in [0.25, 0.3) is 0 Å². The van der Waals surface area contributed by atoms with Gasteiger partial charge < -0.3 is 4.90 Å². The predicted octanol–water partition coefficient (Wildman–Crippen LogP) is 3.07. The van der Waals surface area contributed by atoms with Crippen LogP contribution in [0.4, 0.5) is 13.2 Å². The van der Waals surface area contributed by atoms with E-state index in [2.05, 4.69) is 0 Å². The second-order valence-electron chi connectivity index (χ2n) is 4.04. The van der Waals surface area contributed by atoms with Crippen molar-refractivity contribution in [2.24, 2.45) is 0 Å². The Bertz CT molecular complexity index is 400. The molecule has 2 aliphatic rings. The van der Waals surface area contributed by atoms with Crippen molar-refractivity contribution in [1.82, 2.24) is 4.90 Å². The Morgan fingerprint density at radius 2 is 2.18 bits per heavy atom. The zero-order chi connectivity index (χ0) is 12.6. The molecule has 1 unspecified atom stereocenters. The Balaban J connectivity index is 2.20. The lowest BCUT2D eigenvalue weighted by molar-refractivity contribution is -0.126. The summed E-state index contributed by atoms with van der Waals surface area (Å²) in [6.07, 6.45) is -1.21. The number of alkyl halides is 3. The molecule has 1 heterocycles. The van der Waals surface area contributed by atoms with E-state index in [1.807, 2.05) is 0 Å². The molecule has 17 heavy (non-hydrogen) atoms. The third kappa shape index (κ3) is 2.51. The summed E-state index contributed by atoms with van der Waals surface area (Å²) in [7, 11) is 0. The zero-order valence-corrected chi connectivity index (χ0v) is 10.1. The monoisotopic (exact) mass is 263 g/mol. The highest BCUT2D eigenvalue weighted by Crippen LogP contribution is 2.35. The minimum absolute atomic E-state index is 0.0929. The van der Waals surface area contributed by atoms with Crippen LogP contribution in [-0.4, -0.2) is 28.1 Å². The van der Waals surface area contributed by atoms with Gasteiger partial charge in [0.05, 0.1) is 16.7 Å². The number of halogens is 3. The lowest BCUT2D eigenvalue weighted by atomic mass is 10.0. The SMILES string of the molecule is CC1SCN(C2=CC(C(F)(F)F)=CCC2)C1=O.